The van der Waals surface area contributed by atoms with E-state index in [1.807, 2.05) is 0 Å². The van der Waals surface area contributed by atoms with Crippen LogP contribution in [0.2, 0.25) is 0 Å². The Morgan fingerprint density at radius 3 is 2.60 bits per heavy atom. The van der Waals surface area contributed by atoms with Gasteiger partial charge < -0.3 is 5.32 Å². The third-order valence-corrected chi connectivity index (χ3v) is 4.67. The van der Waals surface area contributed by atoms with Crippen molar-refractivity contribution >= 4 is 11.8 Å². The van der Waals surface area contributed by atoms with Gasteiger partial charge in [-0.2, -0.15) is 11.8 Å². The Hall–Kier alpha value is -0.510. The third kappa shape index (κ3) is 5.86. The van der Waals surface area contributed by atoms with E-state index in [0.29, 0.717) is 0 Å². The minimum atomic E-state index is 0.718. The van der Waals surface area contributed by atoms with Crippen LogP contribution >= 0.6 is 11.8 Å². The summed E-state index contributed by atoms with van der Waals surface area (Å²) >= 11 is 2.09. The number of nitrogens with zero attached hydrogens (tertiary/aromatic N) is 1. The van der Waals surface area contributed by atoms with Gasteiger partial charge >= 0.3 is 0 Å². The van der Waals surface area contributed by atoms with Gasteiger partial charge in [0.15, 0.2) is 0 Å². The zero-order valence-corrected chi connectivity index (χ0v) is 13.7. The summed E-state index contributed by atoms with van der Waals surface area (Å²) in [7, 11) is 0. The first-order valence-electron chi connectivity index (χ1n) is 7.82. The fraction of sp³-hybridized carbons (Fsp3) is 0.647. The highest BCUT2D eigenvalue weighted by molar-refractivity contribution is 7.99. The molecule has 0 unspecified atom stereocenters. The van der Waals surface area contributed by atoms with Crippen molar-refractivity contribution < 1.29 is 0 Å². The molecule has 1 aromatic carbocycles. The van der Waals surface area contributed by atoms with E-state index in [4.69, 9.17) is 0 Å². The molecule has 1 aliphatic rings. The standard InChI is InChI=1S/C17H28N2S/c1-15(2)12-18-13-16-4-6-17(7-5-16)14-19-8-3-10-20-11-9-19/h4-7,15,18H,3,8-14H2,1-2H3. The van der Waals surface area contributed by atoms with Crippen LogP contribution in [-0.4, -0.2) is 36.0 Å². The molecule has 0 radical (unpaired) electrons. The molecule has 2 nitrogen and oxygen atoms in total. The molecule has 0 saturated carbocycles. The maximum atomic E-state index is 3.50. The van der Waals surface area contributed by atoms with Crippen LogP contribution in [0, 0.1) is 5.92 Å². The van der Waals surface area contributed by atoms with Crippen LogP contribution in [-0.2, 0) is 13.1 Å². The van der Waals surface area contributed by atoms with Crippen molar-refractivity contribution in [3.8, 4) is 0 Å². The Morgan fingerprint density at radius 1 is 1.10 bits per heavy atom. The fourth-order valence-electron chi connectivity index (χ4n) is 2.48. The van der Waals surface area contributed by atoms with E-state index in [-0.39, 0.29) is 0 Å². The van der Waals surface area contributed by atoms with Crippen LogP contribution in [0.1, 0.15) is 31.4 Å². The van der Waals surface area contributed by atoms with Crippen LogP contribution < -0.4 is 5.32 Å². The molecule has 112 valence electrons. The van der Waals surface area contributed by atoms with Crippen molar-refractivity contribution in [3.05, 3.63) is 35.4 Å². The molecule has 1 saturated heterocycles. The molecule has 1 aliphatic heterocycles. The van der Waals surface area contributed by atoms with Gasteiger partial charge in [-0.15, -0.1) is 0 Å². The van der Waals surface area contributed by atoms with E-state index in [2.05, 4.69) is 60.1 Å². The van der Waals surface area contributed by atoms with E-state index in [1.54, 1.807) is 0 Å². The Bertz CT molecular complexity index is 367. The number of hydrogen-bond donors (Lipinski definition) is 1. The van der Waals surface area contributed by atoms with Crippen molar-refractivity contribution in [1.82, 2.24) is 10.2 Å². The van der Waals surface area contributed by atoms with Gasteiger partial charge in [-0.25, -0.2) is 0 Å². The summed E-state index contributed by atoms with van der Waals surface area (Å²) in [5, 5.41) is 3.50. The number of rotatable bonds is 6. The van der Waals surface area contributed by atoms with E-state index >= 15 is 0 Å². The van der Waals surface area contributed by atoms with Crippen LogP contribution in [0.5, 0.6) is 0 Å². The van der Waals surface area contributed by atoms with Gasteiger partial charge in [0, 0.05) is 25.4 Å². The van der Waals surface area contributed by atoms with Crippen molar-refractivity contribution in [1.29, 1.82) is 0 Å². The van der Waals surface area contributed by atoms with Crippen LogP contribution in [0.4, 0.5) is 0 Å². The average molecular weight is 292 g/mol. The van der Waals surface area contributed by atoms with E-state index < -0.39 is 0 Å². The molecule has 0 aromatic heterocycles. The predicted octanol–water partition coefficient (Wildman–Crippen LogP) is 3.37. The second kappa shape index (κ2) is 8.71. The summed E-state index contributed by atoms with van der Waals surface area (Å²) in [5.41, 5.74) is 2.84. The van der Waals surface area contributed by atoms with Gasteiger partial charge in [0.05, 0.1) is 0 Å². The highest BCUT2D eigenvalue weighted by atomic mass is 32.2. The molecular formula is C17H28N2S. The monoisotopic (exact) mass is 292 g/mol. The molecule has 0 amide bonds. The Balaban J connectivity index is 1.78. The normalized spacial score (nSPS) is 17.4. The lowest BCUT2D eigenvalue weighted by molar-refractivity contribution is 0.287. The second-order valence-corrected chi connectivity index (χ2v) is 7.31. The molecule has 1 aromatic rings. The van der Waals surface area contributed by atoms with Gasteiger partial charge in [-0.3, -0.25) is 4.90 Å². The summed E-state index contributed by atoms with van der Waals surface area (Å²) in [6, 6.07) is 9.14. The predicted molar refractivity (Wildman–Crippen MR) is 90.2 cm³/mol. The van der Waals surface area contributed by atoms with Crippen LogP contribution in [0.15, 0.2) is 24.3 Å². The van der Waals surface area contributed by atoms with Crippen molar-refractivity contribution in [3.63, 3.8) is 0 Å². The lowest BCUT2D eigenvalue weighted by Gasteiger charge is -2.19. The zero-order valence-electron chi connectivity index (χ0n) is 12.9. The first-order chi connectivity index (χ1) is 9.74. The highest BCUT2D eigenvalue weighted by Gasteiger charge is 2.09. The molecule has 20 heavy (non-hydrogen) atoms. The quantitative estimate of drug-likeness (QED) is 0.865. The average Bonchev–Trinajstić information content (AvgIpc) is 2.69. The summed E-state index contributed by atoms with van der Waals surface area (Å²) in [5.74, 6) is 3.34. The van der Waals surface area contributed by atoms with E-state index in [9.17, 15) is 0 Å². The third-order valence-electron chi connectivity index (χ3n) is 3.63. The van der Waals surface area contributed by atoms with Gasteiger partial charge in [-0.1, -0.05) is 38.1 Å². The topological polar surface area (TPSA) is 15.3 Å². The summed E-state index contributed by atoms with van der Waals surface area (Å²) in [6.07, 6.45) is 1.34. The Morgan fingerprint density at radius 2 is 1.85 bits per heavy atom. The Labute approximate surface area is 128 Å². The molecule has 3 heteroatoms. The minimum absolute atomic E-state index is 0.718. The first kappa shape index (κ1) is 15.9. The molecule has 0 spiro atoms. The van der Waals surface area contributed by atoms with Crippen LogP contribution in [0.3, 0.4) is 0 Å². The second-order valence-electron chi connectivity index (χ2n) is 6.08. The maximum Gasteiger partial charge on any atom is 0.0234 e. The Kier molecular flexibility index (Phi) is 6.91. The number of nitrogens with one attached hydrogen (secondary N) is 1. The van der Waals surface area contributed by atoms with Gasteiger partial charge in [0.25, 0.3) is 0 Å². The van der Waals surface area contributed by atoms with Gasteiger partial charge in [0.2, 0.25) is 0 Å². The summed E-state index contributed by atoms with van der Waals surface area (Å²) in [6.45, 7) is 10.2. The molecule has 0 bridgehead atoms. The summed E-state index contributed by atoms with van der Waals surface area (Å²) < 4.78 is 0. The lowest BCUT2D eigenvalue weighted by atomic mass is 10.1. The van der Waals surface area contributed by atoms with Crippen LogP contribution in [0.25, 0.3) is 0 Å². The molecule has 1 fully saturated rings. The first-order valence-corrected chi connectivity index (χ1v) is 8.98. The van der Waals surface area contributed by atoms with Crippen molar-refractivity contribution in [2.24, 2.45) is 5.92 Å². The fourth-order valence-corrected chi connectivity index (χ4v) is 3.41. The summed E-state index contributed by atoms with van der Waals surface area (Å²) in [4.78, 5) is 2.59. The molecule has 0 aliphatic carbocycles. The smallest absolute Gasteiger partial charge is 0.0234 e. The number of hydrogen-bond acceptors (Lipinski definition) is 3. The van der Waals surface area contributed by atoms with Crippen molar-refractivity contribution in [2.75, 3.05) is 31.1 Å². The molecule has 2 rings (SSSR count). The van der Waals surface area contributed by atoms with Crippen molar-refractivity contribution in [2.45, 2.75) is 33.4 Å². The van der Waals surface area contributed by atoms with E-state index in [0.717, 1.165) is 25.6 Å². The number of benzene rings is 1. The number of thioether (sulfide) groups is 1. The molecule has 1 heterocycles. The zero-order chi connectivity index (χ0) is 14.2. The minimum Gasteiger partial charge on any atom is -0.312 e. The highest BCUT2D eigenvalue weighted by Crippen LogP contribution is 2.13. The molecule has 1 N–H and O–H groups in total. The van der Waals surface area contributed by atoms with Gasteiger partial charge in [0.1, 0.15) is 0 Å². The van der Waals surface area contributed by atoms with E-state index in [1.165, 1.54) is 42.1 Å². The maximum absolute atomic E-state index is 3.50. The lowest BCUT2D eigenvalue weighted by Crippen LogP contribution is -2.25. The largest absolute Gasteiger partial charge is 0.312 e. The SMILES string of the molecule is CC(C)CNCc1ccc(CN2CCCSCC2)cc1. The van der Waals surface area contributed by atoms with Gasteiger partial charge in [-0.05, 0) is 42.3 Å². The molecular weight excluding hydrogens is 264 g/mol. The molecule has 0 atom stereocenters.